The molecule has 0 spiro atoms. The van der Waals surface area contributed by atoms with Crippen LogP contribution in [0.5, 0.6) is 17.2 Å². The standard InChI is InChI=1S/C23H23N3O5S/c1-14-22(28)26(17-6-4-5-7-18(17)31-14)11-10-21(27)25-23-24-16(13-32-23)15-8-9-19(29-2)20(12-15)30-3/h4-9,12-14H,10-11H2,1-3H3,(H,24,25,27)/t14-/m1/s1. The summed E-state index contributed by atoms with van der Waals surface area (Å²) in [5, 5.41) is 5.17. The maximum absolute atomic E-state index is 12.6. The van der Waals surface area contributed by atoms with Crippen molar-refractivity contribution in [2.24, 2.45) is 0 Å². The van der Waals surface area contributed by atoms with Crippen LogP contribution in [-0.2, 0) is 9.59 Å². The number of aromatic nitrogens is 1. The van der Waals surface area contributed by atoms with Gasteiger partial charge in [-0.05, 0) is 37.3 Å². The van der Waals surface area contributed by atoms with Crippen molar-refractivity contribution in [3.63, 3.8) is 0 Å². The second-order valence-corrected chi connectivity index (χ2v) is 7.98. The molecule has 0 bridgehead atoms. The lowest BCUT2D eigenvalue weighted by molar-refractivity contribution is -0.125. The number of nitrogens with zero attached hydrogens (tertiary/aromatic N) is 2. The number of benzene rings is 2. The number of ether oxygens (including phenoxy) is 3. The van der Waals surface area contributed by atoms with E-state index >= 15 is 0 Å². The molecule has 0 saturated heterocycles. The minimum Gasteiger partial charge on any atom is -0.493 e. The Hall–Kier alpha value is -3.59. The number of para-hydroxylation sites is 2. The Kier molecular flexibility index (Phi) is 6.27. The average Bonchev–Trinajstić information content (AvgIpc) is 3.27. The lowest BCUT2D eigenvalue weighted by atomic mass is 10.1. The van der Waals surface area contributed by atoms with Crippen LogP contribution < -0.4 is 24.4 Å². The van der Waals surface area contributed by atoms with Gasteiger partial charge in [0.25, 0.3) is 5.91 Å². The molecule has 1 atom stereocenters. The Morgan fingerprint density at radius 1 is 1.19 bits per heavy atom. The van der Waals surface area contributed by atoms with Gasteiger partial charge < -0.3 is 24.4 Å². The second-order valence-electron chi connectivity index (χ2n) is 7.12. The van der Waals surface area contributed by atoms with Gasteiger partial charge >= 0.3 is 0 Å². The highest BCUT2D eigenvalue weighted by Gasteiger charge is 2.31. The maximum Gasteiger partial charge on any atom is 0.267 e. The highest BCUT2D eigenvalue weighted by Crippen LogP contribution is 2.35. The van der Waals surface area contributed by atoms with Gasteiger partial charge in [0.2, 0.25) is 5.91 Å². The summed E-state index contributed by atoms with van der Waals surface area (Å²) in [5.41, 5.74) is 2.25. The molecule has 1 aliphatic heterocycles. The Bertz CT molecular complexity index is 1150. The van der Waals surface area contributed by atoms with Crippen LogP contribution in [0.15, 0.2) is 47.8 Å². The first kappa shape index (κ1) is 21.6. The molecule has 0 radical (unpaired) electrons. The van der Waals surface area contributed by atoms with Gasteiger partial charge in [0.1, 0.15) is 5.75 Å². The van der Waals surface area contributed by atoms with Crippen molar-refractivity contribution in [2.45, 2.75) is 19.4 Å². The van der Waals surface area contributed by atoms with E-state index in [2.05, 4.69) is 10.3 Å². The average molecular weight is 454 g/mol. The third kappa shape index (κ3) is 4.38. The zero-order valence-corrected chi connectivity index (χ0v) is 18.8. The molecule has 4 rings (SSSR count). The topological polar surface area (TPSA) is 90.0 Å². The van der Waals surface area contributed by atoms with Crippen LogP contribution >= 0.6 is 11.3 Å². The first-order valence-electron chi connectivity index (χ1n) is 10.0. The van der Waals surface area contributed by atoms with Crippen molar-refractivity contribution in [1.82, 2.24) is 4.98 Å². The number of methoxy groups -OCH3 is 2. The number of anilines is 2. The molecule has 1 aliphatic rings. The SMILES string of the molecule is COc1ccc(-c2csc(NC(=O)CCN3C(=O)[C@@H](C)Oc4ccccc43)n2)cc1OC. The van der Waals surface area contributed by atoms with Gasteiger partial charge in [-0.15, -0.1) is 11.3 Å². The molecule has 0 aliphatic carbocycles. The van der Waals surface area contributed by atoms with Gasteiger partial charge in [0, 0.05) is 23.9 Å². The molecule has 166 valence electrons. The van der Waals surface area contributed by atoms with Crippen molar-refractivity contribution >= 4 is 34.0 Å². The number of nitrogens with one attached hydrogen (secondary N) is 1. The Labute approximate surface area is 189 Å². The number of rotatable bonds is 7. The van der Waals surface area contributed by atoms with E-state index in [4.69, 9.17) is 14.2 Å². The summed E-state index contributed by atoms with van der Waals surface area (Å²) < 4.78 is 16.2. The van der Waals surface area contributed by atoms with Gasteiger partial charge in [-0.3, -0.25) is 9.59 Å². The van der Waals surface area contributed by atoms with Crippen molar-refractivity contribution in [1.29, 1.82) is 0 Å². The van der Waals surface area contributed by atoms with E-state index < -0.39 is 6.10 Å². The summed E-state index contributed by atoms with van der Waals surface area (Å²) in [6, 6.07) is 12.8. The number of fused-ring (bicyclic) bond motifs is 1. The van der Waals surface area contributed by atoms with Crippen LogP contribution in [0.4, 0.5) is 10.8 Å². The van der Waals surface area contributed by atoms with E-state index in [-0.39, 0.29) is 24.8 Å². The lowest BCUT2D eigenvalue weighted by Gasteiger charge is -2.32. The van der Waals surface area contributed by atoms with Crippen LogP contribution in [0.2, 0.25) is 0 Å². The normalized spacial score (nSPS) is 15.0. The predicted molar refractivity (Wildman–Crippen MR) is 123 cm³/mol. The highest BCUT2D eigenvalue weighted by atomic mass is 32.1. The first-order valence-corrected chi connectivity index (χ1v) is 10.9. The van der Waals surface area contributed by atoms with Crippen LogP contribution in [0.1, 0.15) is 13.3 Å². The van der Waals surface area contributed by atoms with Gasteiger partial charge in [0.15, 0.2) is 22.7 Å². The zero-order valence-electron chi connectivity index (χ0n) is 18.0. The first-order chi connectivity index (χ1) is 15.5. The molecule has 32 heavy (non-hydrogen) atoms. The second kappa shape index (κ2) is 9.27. The van der Waals surface area contributed by atoms with E-state index in [0.29, 0.717) is 28.1 Å². The molecule has 1 aromatic heterocycles. The van der Waals surface area contributed by atoms with E-state index in [0.717, 1.165) is 11.3 Å². The van der Waals surface area contributed by atoms with E-state index in [1.54, 1.807) is 26.0 Å². The summed E-state index contributed by atoms with van der Waals surface area (Å²) >= 11 is 1.33. The Morgan fingerprint density at radius 3 is 2.75 bits per heavy atom. The van der Waals surface area contributed by atoms with Crippen LogP contribution in [0, 0.1) is 0 Å². The number of hydrogen-bond donors (Lipinski definition) is 1. The fourth-order valence-electron chi connectivity index (χ4n) is 3.44. The van der Waals surface area contributed by atoms with E-state index in [9.17, 15) is 9.59 Å². The predicted octanol–water partition coefficient (Wildman–Crippen LogP) is 3.97. The van der Waals surface area contributed by atoms with E-state index in [1.165, 1.54) is 11.3 Å². The Morgan fingerprint density at radius 2 is 1.97 bits per heavy atom. The minimum absolute atomic E-state index is 0.137. The lowest BCUT2D eigenvalue weighted by Crippen LogP contribution is -2.45. The number of carbonyl (C=O) groups excluding carboxylic acids is 2. The van der Waals surface area contributed by atoms with Gasteiger partial charge in [-0.2, -0.15) is 0 Å². The quantitative estimate of drug-likeness (QED) is 0.582. The molecule has 0 fully saturated rings. The van der Waals surface area contributed by atoms with Gasteiger partial charge in [-0.1, -0.05) is 12.1 Å². The summed E-state index contributed by atoms with van der Waals surface area (Å²) in [4.78, 5) is 31.2. The molecule has 1 N–H and O–H groups in total. The number of hydrogen-bond acceptors (Lipinski definition) is 7. The third-order valence-corrected chi connectivity index (χ3v) is 5.82. The summed E-state index contributed by atoms with van der Waals surface area (Å²) in [7, 11) is 3.16. The molecular formula is C23H23N3O5S. The largest absolute Gasteiger partial charge is 0.493 e. The van der Waals surface area contributed by atoms with Crippen molar-refractivity contribution < 1.29 is 23.8 Å². The number of thiazole rings is 1. The van der Waals surface area contributed by atoms with Crippen LogP contribution in [0.25, 0.3) is 11.3 Å². The molecule has 2 heterocycles. The Balaban J connectivity index is 1.41. The molecule has 0 saturated carbocycles. The van der Waals surface area contributed by atoms with Gasteiger partial charge in [-0.25, -0.2) is 4.98 Å². The molecule has 2 aromatic carbocycles. The fourth-order valence-corrected chi connectivity index (χ4v) is 4.18. The number of carbonyl (C=O) groups is 2. The summed E-state index contributed by atoms with van der Waals surface area (Å²) in [6.07, 6.45) is -0.450. The molecule has 3 aromatic rings. The van der Waals surface area contributed by atoms with Crippen molar-refractivity contribution in [2.75, 3.05) is 31.0 Å². The molecule has 8 nitrogen and oxygen atoms in total. The maximum atomic E-state index is 12.6. The number of amides is 2. The molecule has 0 unspecified atom stereocenters. The van der Waals surface area contributed by atoms with Crippen LogP contribution in [-0.4, -0.2) is 43.7 Å². The van der Waals surface area contributed by atoms with E-state index in [1.807, 2.05) is 47.8 Å². The van der Waals surface area contributed by atoms with Crippen molar-refractivity contribution in [3.05, 3.63) is 47.8 Å². The zero-order chi connectivity index (χ0) is 22.7. The van der Waals surface area contributed by atoms with Gasteiger partial charge in [0.05, 0.1) is 25.6 Å². The summed E-state index contributed by atoms with van der Waals surface area (Å²) in [5.74, 6) is 1.49. The third-order valence-electron chi connectivity index (χ3n) is 5.07. The smallest absolute Gasteiger partial charge is 0.267 e. The highest BCUT2D eigenvalue weighted by molar-refractivity contribution is 7.14. The molecule has 9 heteroatoms. The molecular weight excluding hydrogens is 430 g/mol. The monoisotopic (exact) mass is 453 g/mol. The molecule has 2 amide bonds. The summed E-state index contributed by atoms with van der Waals surface area (Å²) in [6.45, 7) is 1.96. The minimum atomic E-state index is -0.587. The van der Waals surface area contributed by atoms with Crippen molar-refractivity contribution in [3.8, 4) is 28.5 Å². The van der Waals surface area contributed by atoms with Crippen LogP contribution in [0.3, 0.4) is 0 Å². The fraction of sp³-hybridized carbons (Fsp3) is 0.261.